The van der Waals surface area contributed by atoms with Crippen LogP contribution in [0.15, 0.2) is 60.8 Å². The lowest BCUT2D eigenvalue weighted by molar-refractivity contribution is 0.0872. The smallest absolute Gasteiger partial charge is 0.324 e. The molecule has 5 nitrogen and oxygen atoms in total. The van der Waals surface area contributed by atoms with Gasteiger partial charge in [0.1, 0.15) is 0 Å². The van der Waals surface area contributed by atoms with Crippen LogP contribution in [0.2, 0.25) is 0 Å². The van der Waals surface area contributed by atoms with Crippen molar-refractivity contribution in [1.29, 1.82) is 0 Å². The van der Waals surface area contributed by atoms with Gasteiger partial charge in [0.2, 0.25) is 0 Å². The Hall–Kier alpha value is -2.44. The summed E-state index contributed by atoms with van der Waals surface area (Å²) in [6.07, 6.45) is 8.21. The molecule has 2 amide bonds. The highest BCUT2D eigenvalue weighted by Crippen LogP contribution is 2.41. The molecule has 0 radical (unpaired) electrons. The van der Waals surface area contributed by atoms with Crippen LogP contribution in [0.25, 0.3) is 10.9 Å². The first-order valence-corrected chi connectivity index (χ1v) is 12.5. The molecule has 170 valence electrons. The summed E-state index contributed by atoms with van der Waals surface area (Å²) in [6.45, 7) is 0. The van der Waals surface area contributed by atoms with Gasteiger partial charge in [0.15, 0.2) is 0 Å². The second-order valence-electron chi connectivity index (χ2n) is 8.95. The molecule has 1 aliphatic carbocycles. The Bertz CT molecular complexity index is 1010. The second kappa shape index (κ2) is 10.5. The molecular weight excluding hydrogens is 416 g/mol. The van der Waals surface area contributed by atoms with Crippen molar-refractivity contribution in [3.8, 4) is 0 Å². The van der Waals surface area contributed by atoms with Gasteiger partial charge in [0.05, 0.1) is 0 Å². The number of H-pyrrole nitrogens is 1. The van der Waals surface area contributed by atoms with Crippen LogP contribution >= 0.6 is 11.9 Å². The van der Waals surface area contributed by atoms with Crippen LogP contribution in [0, 0.1) is 0 Å². The highest BCUT2D eigenvalue weighted by atomic mass is 32.2. The summed E-state index contributed by atoms with van der Waals surface area (Å²) in [5, 5.41) is 4.48. The molecule has 1 aliphatic rings. The van der Waals surface area contributed by atoms with Crippen molar-refractivity contribution < 1.29 is 4.79 Å². The van der Waals surface area contributed by atoms with E-state index in [9.17, 15) is 4.79 Å². The van der Waals surface area contributed by atoms with Gasteiger partial charge >= 0.3 is 6.03 Å². The molecule has 0 atom stereocenters. The molecule has 0 unspecified atom stereocenters. The average molecular weight is 451 g/mol. The molecule has 0 aliphatic heterocycles. The molecule has 0 spiro atoms. The molecule has 2 aromatic carbocycles. The normalized spacial score (nSPS) is 21.0. The number of nitrogens with one attached hydrogen (secondary N) is 3. The number of carbonyl (C=O) groups excluding carboxylic acids is 1. The fraction of sp³-hybridized carbons (Fsp3) is 0.423. The predicted molar refractivity (Wildman–Crippen MR) is 135 cm³/mol. The van der Waals surface area contributed by atoms with Crippen LogP contribution in [-0.4, -0.2) is 41.8 Å². The van der Waals surface area contributed by atoms with Crippen molar-refractivity contribution >= 4 is 28.9 Å². The molecule has 0 bridgehead atoms. The van der Waals surface area contributed by atoms with Gasteiger partial charge in [-0.3, -0.25) is 9.62 Å². The average Bonchev–Trinajstić information content (AvgIpc) is 3.23. The van der Waals surface area contributed by atoms with Gasteiger partial charge in [0.25, 0.3) is 0 Å². The van der Waals surface area contributed by atoms with Crippen molar-refractivity contribution in [1.82, 2.24) is 19.9 Å². The zero-order valence-corrected chi connectivity index (χ0v) is 19.9. The number of para-hydroxylation sites is 1. The molecule has 1 fully saturated rings. The van der Waals surface area contributed by atoms with E-state index in [1.165, 1.54) is 34.0 Å². The summed E-state index contributed by atoms with van der Waals surface area (Å²) < 4.78 is 2.97. The van der Waals surface area contributed by atoms with E-state index in [2.05, 4.69) is 94.8 Å². The van der Waals surface area contributed by atoms with Crippen LogP contribution in [0.3, 0.4) is 0 Å². The number of aromatic nitrogens is 1. The number of nitrogens with zero attached hydrogens (tertiary/aromatic N) is 1. The van der Waals surface area contributed by atoms with E-state index in [0.717, 1.165) is 44.3 Å². The molecule has 1 saturated carbocycles. The summed E-state index contributed by atoms with van der Waals surface area (Å²) in [4.78, 5) is 18.1. The van der Waals surface area contributed by atoms with Crippen LogP contribution in [0.1, 0.15) is 43.2 Å². The number of hydrogen-bond donors (Lipinski definition) is 3. The Morgan fingerprint density at radius 1 is 1.09 bits per heavy atom. The number of amides is 2. The van der Waals surface area contributed by atoms with Gasteiger partial charge in [-0.05, 0) is 81.8 Å². The van der Waals surface area contributed by atoms with Gasteiger partial charge in [-0.1, -0.05) is 48.5 Å². The molecular formula is C26H34N4OS. The third kappa shape index (κ3) is 5.13. The first-order chi connectivity index (χ1) is 15.6. The maximum atomic E-state index is 12.4. The summed E-state index contributed by atoms with van der Waals surface area (Å²) in [7, 11) is 4.33. The number of urea groups is 1. The summed E-state index contributed by atoms with van der Waals surface area (Å²) in [5.74, 6) is 0.898. The van der Waals surface area contributed by atoms with E-state index >= 15 is 0 Å². The molecule has 3 aromatic rings. The number of benzene rings is 2. The zero-order chi connectivity index (χ0) is 22.4. The second-order valence-corrected chi connectivity index (χ2v) is 9.85. The van der Waals surface area contributed by atoms with Gasteiger partial charge in [-0.15, -0.1) is 0 Å². The molecule has 3 N–H and O–H groups in total. The fourth-order valence-corrected chi connectivity index (χ4v) is 5.57. The maximum absolute atomic E-state index is 12.4. The van der Waals surface area contributed by atoms with Crippen molar-refractivity contribution in [2.45, 2.75) is 50.1 Å². The van der Waals surface area contributed by atoms with Crippen molar-refractivity contribution in [3.63, 3.8) is 0 Å². The largest absolute Gasteiger partial charge is 0.361 e. The Morgan fingerprint density at radius 3 is 2.56 bits per heavy atom. The maximum Gasteiger partial charge on any atom is 0.324 e. The minimum absolute atomic E-state index is 0.0626. The Balaban J connectivity index is 1.18. The Morgan fingerprint density at radius 2 is 1.81 bits per heavy atom. The summed E-state index contributed by atoms with van der Waals surface area (Å²) >= 11 is 1.50. The topological polar surface area (TPSA) is 60.2 Å². The highest BCUT2D eigenvalue weighted by Gasteiger charge is 2.38. The number of hydrogen-bond acceptors (Lipinski definition) is 3. The molecule has 1 heterocycles. The van der Waals surface area contributed by atoms with Gasteiger partial charge in [-0.25, -0.2) is 4.79 Å². The van der Waals surface area contributed by atoms with E-state index in [1.807, 2.05) is 0 Å². The zero-order valence-electron chi connectivity index (χ0n) is 19.1. The minimum atomic E-state index is -0.0656. The van der Waals surface area contributed by atoms with Crippen LogP contribution in [-0.2, 0) is 12.0 Å². The van der Waals surface area contributed by atoms with Crippen molar-refractivity contribution in [3.05, 3.63) is 71.9 Å². The number of fused-ring (bicyclic) bond motifs is 1. The monoisotopic (exact) mass is 450 g/mol. The summed E-state index contributed by atoms with van der Waals surface area (Å²) in [5.41, 5.74) is 3.97. The van der Waals surface area contributed by atoms with Crippen LogP contribution < -0.4 is 10.0 Å². The summed E-state index contributed by atoms with van der Waals surface area (Å²) in [6, 6.07) is 19.3. The van der Waals surface area contributed by atoms with E-state index in [-0.39, 0.29) is 17.6 Å². The molecule has 32 heavy (non-hydrogen) atoms. The fourth-order valence-electron chi connectivity index (χ4n) is 4.99. The van der Waals surface area contributed by atoms with Gasteiger partial charge < -0.3 is 10.3 Å². The predicted octanol–water partition coefficient (Wildman–Crippen LogP) is 5.45. The molecule has 0 saturated heterocycles. The standard InChI is InChI=1S/C26H34N4OS/c1-30(2)26(21-10-4-3-5-11-21)16-14-22(15-17-26)28-25(31)29-32-18-8-9-20-19-27-24-13-7-6-12-23(20)24/h3-7,10-13,19,22,27H,8-9,14-18H2,1-2H3,(H2,28,29,31). The number of aryl methyl sites for hydroxylation is 1. The lowest BCUT2D eigenvalue weighted by Gasteiger charge is -2.45. The lowest BCUT2D eigenvalue weighted by atomic mass is 9.74. The Kier molecular flexibility index (Phi) is 7.43. The van der Waals surface area contributed by atoms with Crippen molar-refractivity contribution in [2.75, 3.05) is 19.8 Å². The van der Waals surface area contributed by atoms with Crippen LogP contribution in [0.5, 0.6) is 0 Å². The molecule has 1 aromatic heterocycles. The third-order valence-electron chi connectivity index (χ3n) is 6.85. The first kappa shape index (κ1) is 22.7. The Labute approximate surface area is 195 Å². The third-order valence-corrected chi connectivity index (χ3v) is 7.67. The number of carbonyl (C=O) groups is 1. The van der Waals surface area contributed by atoms with E-state index in [4.69, 9.17) is 0 Å². The van der Waals surface area contributed by atoms with E-state index in [1.54, 1.807) is 0 Å². The lowest BCUT2D eigenvalue weighted by Crippen LogP contribution is -2.49. The first-order valence-electron chi connectivity index (χ1n) is 11.5. The van der Waals surface area contributed by atoms with E-state index in [0.29, 0.717) is 0 Å². The van der Waals surface area contributed by atoms with Gasteiger partial charge in [-0.2, -0.15) is 0 Å². The number of aromatic amines is 1. The van der Waals surface area contributed by atoms with E-state index < -0.39 is 0 Å². The quantitative estimate of drug-likeness (QED) is 0.316. The highest BCUT2D eigenvalue weighted by molar-refractivity contribution is 7.97. The van der Waals surface area contributed by atoms with Gasteiger partial charge in [0, 0.05) is 34.4 Å². The van der Waals surface area contributed by atoms with Crippen molar-refractivity contribution in [2.24, 2.45) is 0 Å². The number of rotatable bonds is 8. The molecule has 4 rings (SSSR count). The SMILES string of the molecule is CN(C)C1(c2ccccc2)CCC(NC(=O)NSCCCc2c[nH]c3ccccc23)CC1. The van der Waals surface area contributed by atoms with Crippen LogP contribution in [0.4, 0.5) is 4.79 Å². The molecule has 6 heteroatoms. The minimum Gasteiger partial charge on any atom is -0.361 e.